The number of hydrogen-bond donors (Lipinski definition) is 0. The summed E-state index contributed by atoms with van der Waals surface area (Å²) in [5, 5.41) is 0. The zero-order valence-corrected chi connectivity index (χ0v) is 13.7. The van der Waals surface area contributed by atoms with Crippen LogP contribution in [0.5, 0.6) is 0 Å². The average molecular weight is 316 g/mol. The van der Waals surface area contributed by atoms with Gasteiger partial charge in [-0.05, 0) is 12.0 Å². The van der Waals surface area contributed by atoms with E-state index in [1.54, 1.807) is 6.08 Å². The molecule has 3 rings (SSSR count). The van der Waals surface area contributed by atoms with Crippen molar-refractivity contribution in [2.45, 2.75) is 45.4 Å². The molecule has 0 aromatic heterocycles. The predicted octanol–water partition coefficient (Wildman–Crippen LogP) is 3.32. The fraction of sp³-hybridized carbons (Fsp3) is 0.526. The van der Waals surface area contributed by atoms with E-state index in [0.29, 0.717) is 13.0 Å². The number of carbonyl (C=O) groups excluding carboxylic acids is 1. The normalized spacial score (nSPS) is 36.3. The number of ether oxygens (including phenoxy) is 3. The fourth-order valence-corrected chi connectivity index (χ4v) is 3.64. The number of allylic oxidation sites excluding steroid dienone is 1. The highest BCUT2D eigenvalue weighted by molar-refractivity contribution is 5.74. The quantitative estimate of drug-likeness (QED) is 0.617. The summed E-state index contributed by atoms with van der Waals surface area (Å²) >= 11 is 0. The lowest BCUT2D eigenvalue weighted by Gasteiger charge is -2.49. The van der Waals surface area contributed by atoms with Gasteiger partial charge in [-0.2, -0.15) is 0 Å². The third-order valence-electron chi connectivity index (χ3n) is 4.91. The fourth-order valence-electron chi connectivity index (χ4n) is 3.64. The summed E-state index contributed by atoms with van der Waals surface area (Å²) < 4.78 is 17.7. The Labute approximate surface area is 137 Å². The largest absolute Gasteiger partial charge is 0.435 e. The van der Waals surface area contributed by atoms with E-state index >= 15 is 0 Å². The van der Waals surface area contributed by atoms with Crippen LogP contribution in [0.25, 0.3) is 0 Å². The van der Waals surface area contributed by atoms with Crippen molar-refractivity contribution < 1.29 is 19.0 Å². The second kappa shape index (κ2) is 6.85. The first-order chi connectivity index (χ1) is 11.1. The topological polar surface area (TPSA) is 44.8 Å². The molecule has 1 aromatic carbocycles. The van der Waals surface area contributed by atoms with Crippen molar-refractivity contribution in [3.8, 4) is 0 Å². The second-order valence-corrected chi connectivity index (χ2v) is 6.52. The smallest absolute Gasteiger partial charge is 0.314 e. The van der Waals surface area contributed by atoms with E-state index in [4.69, 9.17) is 14.2 Å². The van der Waals surface area contributed by atoms with Crippen LogP contribution in [0.2, 0.25) is 0 Å². The predicted molar refractivity (Wildman–Crippen MR) is 86.4 cm³/mol. The van der Waals surface area contributed by atoms with Crippen LogP contribution < -0.4 is 0 Å². The highest BCUT2D eigenvalue weighted by Gasteiger charge is 2.52. The summed E-state index contributed by atoms with van der Waals surface area (Å²) in [5.74, 6) is -0.318. The molecule has 0 amide bonds. The molecule has 2 bridgehead atoms. The molecule has 0 aliphatic carbocycles. The molecule has 6 atom stereocenters. The third-order valence-corrected chi connectivity index (χ3v) is 4.91. The van der Waals surface area contributed by atoms with E-state index in [1.165, 1.54) is 0 Å². The van der Waals surface area contributed by atoms with Crippen LogP contribution >= 0.6 is 0 Å². The third kappa shape index (κ3) is 3.19. The number of hydrogen-bond acceptors (Lipinski definition) is 4. The summed E-state index contributed by atoms with van der Waals surface area (Å²) in [7, 11) is 0. The molecule has 2 saturated heterocycles. The van der Waals surface area contributed by atoms with E-state index in [-0.39, 0.29) is 35.9 Å². The Hall–Kier alpha value is -1.65. The van der Waals surface area contributed by atoms with Gasteiger partial charge in [-0.3, -0.25) is 4.79 Å². The van der Waals surface area contributed by atoms with Crippen LogP contribution in [-0.2, 0) is 25.6 Å². The standard InChI is InChI=1S/C19H24O4/c1-4-8-15-17-12(2)16(13(3)19(22-17)23-18(15)20)21-11-14-9-6-5-7-10-14/h4-7,9-10,12-13,15-17,19H,1,8,11H2,2-3H3/t12-,13+,15+,16+,17+,19+/m1/s1. The van der Waals surface area contributed by atoms with Crippen LogP contribution in [-0.4, -0.2) is 24.5 Å². The van der Waals surface area contributed by atoms with Crippen molar-refractivity contribution >= 4 is 5.97 Å². The highest BCUT2D eigenvalue weighted by atomic mass is 16.7. The molecule has 4 heteroatoms. The first-order valence-electron chi connectivity index (χ1n) is 8.24. The molecular formula is C19H24O4. The van der Waals surface area contributed by atoms with Crippen molar-refractivity contribution in [2.75, 3.05) is 0 Å². The minimum atomic E-state index is -0.509. The summed E-state index contributed by atoms with van der Waals surface area (Å²) in [6.45, 7) is 8.41. The van der Waals surface area contributed by atoms with Gasteiger partial charge in [0.05, 0.1) is 24.7 Å². The van der Waals surface area contributed by atoms with Crippen molar-refractivity contribution in [3.05, 3.63) is 48.6 Å². The van der Waals surface area contributed by atoms with Crippen LogP contribution in [0.4, 0.5) is 0 Å². The molecule has 2 fully saturated rings. The van der Waals surface area contributed by atoms with Crippen LogP contribution in [0.3, 0.4) is 0 Å². The van der Waals surface area contributed by atoms with Gasteiger partial charge in [0, 0.05) is 11.8 Å². The summed E-state index contributed by atoms with van der Waals surface area (Å²) in [6.07, 6.45) is 1.64. The van der Waals surface area contributed by atoms with E-state index < -0.39 is 6.29 Å². The van der Waals surface area contributed by atoms with Crippen molar-refractivity contribution in [2.24, 2.45) is 17.8 Å². The molecule has 0 spiro atoms. The molecule has 0 unspecified atom stereocenters. The lowest BCUT2D eigenvalue weighted by molar-refractivity contribution is -0.298. The van der Waals surface area contributed by atoms with Gasteiger partial charge in [0.15, 0.2) is 0 Å². The Bertz CT molecular complexity index is 556. The van der Waals surface area contributed by atoms with E-state index in [0.717, 1.165) is 5.56 Å². The minimum Gasteiger partial charge on any atom is -0.435 e. The lowest BCUT2D eigenvalue weighted by atomic mass is 9.78. The number of fused-ring (bicyclic) bond motifs is 2. The number of rotatable bonds is 5. The van der Waals surface area contributed by atoms with Gasteiger partial charge in [-0.1, -0.05) is 50.3 Å². The average Bonchev–Trinajstić information content (AvgIpc) is 2.56. The van der Waals surface area contributed by atoms with E-state index in [1.807, 2.05) is 25.1 Å². The number of esters is 1. The van der Waals surface area contributed by atoms with Crippen molar-refractivity contribution in [3.63, 3.8) is 0 Å². The SMILES string of the molecule is C=CC[C@@H]1C(=O)O[C@@H]2O[C@H]1[C@H](C)[C@H](OCc1ccccc1)[C@@H]2C. The first kappa shape index (κ1) is 16.2. The van der Waals surface area contributed by atoms with Gasteiger partial charge in [-0.25, -0.2) is 0 Å². The summed E-state index contributed by atoms with van der Waals surface area (Å²) in [5.41, 5.74) is 1.14. The van der Waals surface area contributed by atoms with Crippen LogP contribution in [0.15, 0.2) is 43.0 Å². The molecule has 2 aliphatic rings. The van der Waals surface area contributed by atoms with Gasteiger partial charge in [-0.15, -0.1) is 6.58 Å². The molecule has 4 nitrogen and oxygen atoms in total. The molecule has 2 aliphatic heterocycles. The van der Waals surface area contributed by atoms with Gasteiger partial charge >= 0.3 is 5.97 Å². The minimum absolute atomic E-state index is 0.000582. The lowest BCUT2D eigenvalue weighted by Crippen LogP contribution is -2.59. The molecule has 0 saturated carbocycles. The molecule has 23 heavy (non-hydrogen) atoms. The maximum atomic E-state index is 12.2. The van der Waals surface area contributed by atoms with Gasteiger partial charge in [0.1, 0.15) is 0 Å². The van der Waals surface area contributed by atoms with Gasteiger partial charge in [0.25, 0.3) is 0 Å². The maximum Gasteiger partial charge on any atom is 0.314 e. The monoisotopic (exact) mass is 316 g/mol. The molecular weight excluding hydrogens is 292 g/mol. The molecule has 0 radical (unpaired) electrons. The van der Waals surface area contributed by atoms with Gasteiger partial charge in [0.2, 0.25) is 6.29 Å². The Morgan fingerprint density at radius 3 is 2.65 bits per heavy atom. The highest BCUT2D eigenvalue weighted by Crippen LogP contribution is 2.41. The number of benzene rings is 1. The van der Waals surface area contributed by atoms with Crippen molar-refractivity contribution in [1.29, 1.82) is 0 Å². The van der Waals surface area contributed by atoms with Gasteiger partial charge < -0.3 is 14.2 Å². The molecule has 2 heterocycles. The Balaban J connectivity index is 1.73. The summed E-state index contributed by atoms with van der Waals surface area (Å²) in [6, 6.07) is 10.1. The number of carbonyl (C=O) groups is 1. The first-order valence-corrected chi connectivity index (χ1v) is 8.24. The Morgan fingerprint density at radius 1 is 1.22 bits per heavy atom. The molecule has 1 aromatic rings. The van der Waals surface area contributed by atoms with E-state index in [2.05, 4.69) is 25.6 Å². The molecule has 124 valence electrons. The Kier molecular flexibility index (Phi) is 4.83. The van der Waals surface area contributed by atoms with Crippen LogP contribution in [0.1, 0.15) is 25.8 Å². The van der Waals surface area contributed by atoms with E-state index in [9.17, 15) is 4.79 Å². The summed E-state index contributed by atoms with van der Waals surface area (Å²) in [4.78, 5) is 12.2. The zero-order valence-electron chi connectivity index (χ0n) is 13.7. The molecule has 0 N–H and O–H groups in total. The maximum absolute atomic E-state index is 12.2. The van der Waals surface area contributed by atoms with Crippen molar-refractivity contribution in [1.82, 2.24) is 0 Å². The van der Waals surface area contributed by atoms with Crippen LogP contribution in [0, 0.1) is 17.8 Å². The zero-order chi connectivity index (χ0) is 16.4. The Morgan fingerprint density at radius 2 is 1.96 bits per heavy atom. The second-order valence-electron chi connectivity index (χ2n) is 6.52.